The number of fused-ring (bicyclic) bond motifs is 3. The fourth-order valence-corrected chi connectivity index (χ4v) is 5.77. The number of hydrogen-bond donors (Lipinski definition) is 1. The number of benzene rings is 3. The summed E-state index contributed by atoms with van der Waals surface area (Å²) in [6.07, 6.45) is 2.48. The monoisotopic (exact) mass is 448 g/mol. The molecule has 1 unspecified atom stereocenters. The Kier molecular flexibility index (Phi) is 6.33. The van der Waals surface area contributed by atoms with Crippen LogP contribution in [0.15, 0.2) is 77.7 Å². The van der Waals surface area contributed by atoms with Crippen LogP contribution >= 0.6 is 0 Å². The van der Waals surface area contributed by atoms with Crippen LogP contribution in [0.1, 0.15) is 31.4 Å². The molecule has 5 nitrogen and oxygen atoms in total. The summed E-state index contributed by atoms with van der Waals surface area (Å²) >= 11 is 0. The van der Waals surface area contributed by atoms with Gasteiger partial charge < -0.3 is 5.32 Å². The first-order chi connectivity index (χ1) is 15.4. The quantitative estimate of drug-likeness (QED) is 0.576. The van der Waals surface area contributed by atoms with Crippen molar-refractivity contribution < 1.29 is 13.2 Å². The van der Waals surface area contributed by atoms with Crippen molar-refractivity contribution in [2.75, 3.05) is 10.8 Å². The molecule has 1 N–H and O–H groups in total. The molecule has 1 amide bonds. The second-order valence-electron chi connectivity index (χ2n) is 8.21. The van der Waals surface area contributed by atoms with Gasteiger partial charge in [-0.2, -0.15) is 0 Å². The van der Waals surface area contributed by atoms with Crippen molar-refractivity contribution in [1.29, 1.82) is 0 Å². The van der Waals surface area contributed by atoms with Crippen molar-refractivity contribution in [1.82, 2.24) is 5.32 Å². The Labute approximate surface area is 190 Å². The largest absolute Gasteiger partial charge is 0.352 e. The molecule has 0 radical (unpaired) electrons. The van der Waals surface area contributed by atoms with E-state index in [1.165, 1.54) is 9.87 Å². The predicted molar refractivity (Wildman–Crippen MR) is 128 cm³/mol. The van der Waals surface area contributed by atoms with Crippen LogP contribution in [0.3, 0.4) is 0 Å². The molecule has 1 aliphatic rings. The molecule has 3 aromatic carbocycles. The van der Waals surface area contributed by atoms with Gasteiger partial charge in [0.15, 0.2) is 0 Å². The fraction of sp³-hybridized carbons (Fsp3) is 0.269. The van der Waals surface area contributed by atoms with E-state index in [4.69, 9.17) is 0 Å². The minimum absolute atomic E-state index is 0.0653. The van der Waals surface area contributed by atoms with Gasteiger partial charge in [-0.25, -0.2) is 8.42 Å². The smallest absolute Gasteiger partial charge is 0.265 e. The second kappa shape index (κ2) is 9.17. The van der Waals surface area contributed by atoms with Gasteiger partial charge in [-0.05, 0) is 55.5 Å². The molecule has 1 atom stereocenters. The summed E-state index contributed by atoms with van der Waals surface area (Å²) in [6.45, 7) is 3.77. The first-order valence-corrected chi connectivity index (χ1v) is 12.4. The average Bonchev–Trinajstić information content (AvgIpc) is 2.81. The highest BCUT2D eigenvalue weighted by Gasteiger charge is 2.36. The molecule has 0 bridgehead atoms. The summed E-state index contributed by atoms with van der Waals surface area (Å²) in [5.74, 6) is -0.306. The summed E-state index contributed by atoms with van der Waals surface area (Å²) in [7, 11) is -3.83. The second-order valence-corrected chi connectivity index (χ2v) is 10.0. The molecule has 0 fully saturated rings. The average molecular weight is 449 g/mol. The highest BCUT2D eigenvalue weighted by atomic mass is 32.2. The van der Waals surface area contributed by atoms with Crippen molar-refractivity contribution in [2.45, 2.75) is 44.0 Å². The van der Waals surface area contributed by atoms with E-state index in [9.17, 15) is 13.2 Å². The first kappa shape index (κ1) is 22.1. The van der Waals surface area contributed by atoms with Crippen LogP contribution in [-0.2, 0) is 27.7 Å². The van der Waals surface area contributed by atoms with E-state index in [0.29, 0.717) is 11.3 Å². The van der Waals surface area contributed by atoms with E-state index >= 15 is 0 Å². The number of nitrogens with zero attached hydrogens (tertiary/aromatic N) is 1. The van der Waals surface area contributed by atoms with E-state index in [0.717, 1.165) is 30.4 Å². The molecule has 32 heavy (non-hydrogen) atoms. The van der Waals surface area contributed by atoms with Gasteiger partial charge in [0.2, 0.25) is 5.91 Å². The summed E-state index contributed by atoms with van der Waals surface area (Å²) < 4.78 is 28.0. The van der Waals surface area contributed by atoms with Crippen molar-refractivity contribution in [2.24, 2.45) is 0 Å². The molecule has 1 heterocycles. The number of aryl methyl sites for hydroxylation is 2. The van der Waals surface area contributed by atoms with Crippen LogP contribution < -0.4 is 9.62 Å². The number of amides is 1. The highest BCUT2D eigenvalue weighted by molar-refractivity contribution is 7.93. The SMILES string of the molecule is CCc1ccc2c(c1)-c1ccccc1S(=O)(=O)N2CC(=O)NC(C)CCc1ccccc1. The number of hydrogen-bond acceptors (Lipinski definition) is 3. The standard InChI is InChI=1S/C26H28N2O3S/c1-3-20-15-16-24-23(17-20)22-11-7-8-12-25(22)32(30,31)28(24)18-26(29)27-19(2)13-14-21-9-5-4-6-10-21/h4-12,15-17,19H,3,13-14,18H2,1-2H3,(H,27,29). The van der Waals surface area contributed by atoms with E-state index in [1.54, 1.807) is 12.1 Å². The van der Waals surface area contributed by atoms with Crippen LogP contribution in [-0.4, -0.2) is 26.9 Å². The molecular weight excluding hydrogens is 420 g/mol. The molecule has 0 saturated heterocycles. The number of carbonyl (C=O) groups excluding carboxylic acids is 1. The molecule has 0 saturated carbocycles. The third kappa shape index (κ3) is 4.41. The van der Waals surface area contributed by atoms with Crippen molar-refractivity contribution in [3.8, 4) is 11.1 Å². The van der Waals surface area contributed by atoms with Crippen LogP contribution in [0, 0.1) is 0 Å². The topological polar surface area (TPSA) is 66.5 Å². The van der Waals surface area contributed by atoms with Crippen molar-refractivity contribution in [3.05, 3.63) is 83.9 Å². The lowest BCUT2D eigenvalue weighted by Crippen LogP contribution is -2.44. The van der Waals surface area contributed by atoms with Crippen molar-refractivity contribution >= 4 is 21.6 Å². The zero-order chi connectivity index (χ0) is 22.7. The molecule has 166 valence electrons. The Morgan fingerprint density at radius 2 is 1.66 bits per heavy atom. The normalized spacial score (nSPS) is 14.9. The van der Waals surface area contributed by atoms with Gasteiger partial charge >= 0.3 is 0 Å². The van der Waals surface area contributed by atoms with Crippen LogP contribution in [0.25, 0.3) is 11.1 Å². The third-order valence-corrected chi connectivity index (χ3v) is 7.70. The molecule has 0 spiro atoms. The number of nitrogens with one attached hydrogen (secondary N) is 1. The van der Waals surface area contributed by atoms with E-state index < -0.39 is 10.0 Å². The number of rotatable bonds is 7. The van der Waals surface area contributed by atoms with Crippen LogP contribution in [0.5, 0.6) is 0 Å². The van der Waals surface area contributed by atoms with E-state index in [2.05, 4.69) is 24.4 Å². The number of carbonyl (C=O) groups is 1. The molecule has 6 heteroatoms. The fourth-order valence-electron chi connectivity index (χ4n) is 4.12. The number of anilines is 1. The van der Waals surface area contributed by atoms with Gasteiger partial charge in [0.05, 0.1) is 10.6 Å². The maximum Gasteiger partial charge on any atom is 0.265 e. The summed E-state index contributed by atoms with van der Waals surface area (Å²) in [5, 5.41) is 2.97. The zero-order valence-electron chi connectivity index (χ0n) is 18.4. The van der Waals surface area contributed by atoms with Gasteiger partial charge in [-0.1, -0.05) is 61.5 Å². The van der Waals surface area contributed by atoms with E-state index in [1.807, 2.05) is 55.5 Å². The Bertz CT molecular complexity index is 1220. The number of sulfonamides is 1. The van der Waals surface area contributed by atoms with Crippen molar-refractivity contribution in [3.63, 3.8) is 0 Å². The third-order valence-electron chi connectivity index (χ3n) is 5.89. The highest BCUT2D eigenvalue weighted by Crippen LogP contribution is 2.43. The van der Waals surface area contributed by atoms with Gasteiger partial charge in [0, 0.05) is 17.2 Å². The molecule has 0 aliphatic carbocycles. The Morgan fingerprint density at radius 1 is 0.938 bits per heavy atom. The predicted octanol–water partition coefficient (Wildman–Crippen LogP) is 4.56. The first-order valence-electron chi connectivity index (χ1n) is 11.0. The molecule has 1 aliphatic heterocycles. The molecule has 0 aromatic heterocycles. The minimum Gasteiger partial charge on any atom is -0.352 e. The zero-order valence-corrected chi connectivity index (χ0v) is 19.2. The summed E-state index contributed by atoms with van der Waals surface area (Å²) in [6, 6.07) is 22.8. The Balaban J connectivity index is 1.55. The lowest BCUT2D eigenvalue weighted by Gasteiger charge is -2.32. The molecular formula is C26H28N2O3S. The van der Waals surface area contributed by atoms with Crippen LogP contribution in [0.2, 0.25) is 0 Å². The summed E-state index contributed by atoms with van der Waals surface area (Å²) in [4.78, 5) is 13.1. The Morgan fingerprint density at radius 3 is 2.41 bits per heavy atom. The van der Waals surface area contributed by atoms with Crippen LogP contribution in [0.4, 0.5) is 5.69 Å². The lowest BCUT2D eigenvalue weighted by atomic mass is 9.99. The van der Waals surface area contributed by atoms with Gasteiger partial charge in [-0.15, -0.1) is 0 Å². The van der Waals surface area contributed by atoms with Gasteiger partial charge in [0.25, 0.3) is 10.0 Å². The van der Waals surface area contributed by atoms with Gasteiger partial charge in [0.1, 0.15) is 6.54 Å². The summed E-state index contributed by atoms with van der Waals surface area (Å²) in [5.41, 5.74) is 4.42. The van der Waals surface area contributed by atoms with E-state index in [-0.39, 0.29) is 23.4 Å². The Hall–Kier alpha value is -3.12. The minimum atomic E-state index is -3.83. The maximum absolute atomic E-state index is 13.4. The lowest BCUT2D eigenvalue weighted by molar-refractivity contribution is -0.120. The van der Waals surface area contributed by atoms with Gasteiger partial charge in [-0.3, -0.25) is 9.10 Å². The molecule has 3 aromatic rings. The maximum atomic E-state index is 13.4. The molecule has 4 rings (SSSR count).